The van der Waals surface area contributed by atoms with Gasteiger partial charge < -0.3 is 10.1 Å². The molecule has 5 heteroatoms. The van der Waals surface area contributed by atoms with Crippen LogP contribution in [0, 0.1) is 0 Å². The van der Waals surface area contributed by atoms with Crippen LogP contribution in [0.15, 0.2) is 0 Å². The lowest BCUT2D eigenvalue weighted by atomic mass is 9.93. The Kier molecular flexibility index (Phi) is 2.53. The second kappa shape index (κ2) is 3.68. The highest BCUT2D eigenvalue weighted by molar-refractivity contribution is 7.91. The Labute approximate surface area is 96.7 Å². The van der Waals surface area contributed by atoms with Crippen molar-refractivity contribution in [3.8, 4) is 0 Å². The maximum atomic E-state index is 11.6. The van der Waals surface area contributed by atoms with Crippen LogP contribution in [0.1, 0.15) is 32.1 Å². The Morgan fingerprint density at radius 1 is 1.25 bits per heavy atom. The largest absolute Gasteiger partial charge is 0.375 e. The van der Waals surface area contributed by atoms with E-state index in [1.54, 1.807) is 0 Å². The molecule has 0 amide bonds. The Bertz CT molecular complexity index is 373. The number of morpholine rings is 1. The number of nitrogens with one attached hydrogen (secondary N) is 1. The first-order valence-electron chi connectivity index (χ1n) is 6.18. The van der Waals surface area contributed by atoms with Gasteiger partial charge in [0, 0.05) is 11.6 Å². The van der Waals surface area contributed by atoms with Crippen molar-refractivity contribution in [3.05, 3.63) is 0 Å². The molecule has 1 N–H and O–H groups in total. The summed E-state index contributed by atoms with van der Waals surface area (Å²) in [6.07, 6.45) is 5.53. The zero-order valence-corrected chi connectivity index (χ0v) is 10.3. The molecule has 0 bridgehead atoms. The van der Waals surface area contributed by atoms with Crippen molar-refractivity contribution >= 4 is 9.84 Å². The van der Waals surface area contributed by atoms with E-state index in [9.17, 15) is 8.42 Å². The average Bonchev–Trinajstić information content (AvgIpc) is 2.64. The minimum absolute atomic E-state index is 0.0330. The highest BCUT2D eigenvalue weighted by atomic mass is 32.2. The van der Waals surface area contributed by atoms with Crippen LogP contribution in [0.4, 0.5) is 0 Å². The van der Waals surface area contributed by atoms with Gasteiger partial charge in [-0.1, -0.05) is 12.8 Å². The van der Waals surface area contributed by atoms with E-state index in [1.165, 1.54) is 12.8 Å². The van der Waals surface area contributed by atoms with Gasteiger partial charge in [-0.05, 0) is 19.3 Å². The van der Waals surface area contributed by atoms with Crippen LogP contribution in [0.2, 0.25) is 0 Å². The smallest absolute Gasteiger partial charge is 0.152 e. The summed E-state index contributed by atoms with van der Waals surface area (Å²) in [5, 5.41) is 3.58. The fourth-order valence-corrected chi connectivity index (χ4v) is 4.94. The molecule has 4 nitrogen and oxygen atoms in total. The molecule has 1 saturated carbocycles. The van der Waals surface area contributed by atoms with Crippen LogP contribution in [-0.2, 0) is 14.6 Å². The summed E-state index contributed by atoms with van der Waals surface area (Å²) in [5.41, 5.74) is 0.0913. The van der Waals surface area contributed by atoms with Gasteiger partial charge in [0.05, 0.1) is 24.2 Å². The Morgan fingerprint density at radius 2 is 2.00 bits per heavy atom. The number of hydrogen-bond donors (Lipinski definition) is 1. The van der Waals surface area contributed by atoms with Crippen molar-refractivity contribution in [1.29, 1.82) is 0 Å². The normalized spacial score (nSPS) is 40.8. The number of hydrogen-bond acceptors (Lipinski definition) is 4. The number of ether oxygens (including phenoxy) is 1. The third-order valence-electron chi connectivity index (χ3n) is 4.22. The van der Waals surface area contributed by atoms with Crippen molar-refractivity contribution in [2.75, 3.05) is 18.1 Å². The zero-order chi connectivity index (χ0) is 11.2. The van der Waals surface area contributed by atoms with Crippen molar-refractivity contribution < 1.29 is 13.2 Å². The van der Waals surface area contributed by atoms with E-state index in [-0.39, 0.29) is 23.4 Å². The van der Waals surface area contributed by atoms with Gasteiger partial charge in [0.15, 0.2) is 9.84 Å². The van der Waals surface area contributed by atoms with Crippen LogP contribution < -0.4 is 5.32 Å². The molecule has 0 aromatic carbocycles. The molecule has 1 aliphatic carbocycles. The molecule has 0 radical (unpaired) electrons. The molecule has 3 fully saturated rings. The molecule has 3 rings (SSSR count). The van der Waals surface area contributed by atoms with Crippen LogP contribution in [0.5, 0.6) is 0 Å². The SMILES string of the molecule is O=S1(=O)CCC2OCC3(CCCC3)NC2C1. The summed E-state index contributed by atoms with van der Waals surface area (Å²) in [6, 6.07) is 0.0330. The summed E-state index contributed by atoms with van der Waals surface area (Å²) < 4.78 is 29.1. The van der Waals surface area contributed by atoms with Crippen LogP contribution in [0.3, 0.4) is 0 Å². The van der Waals surface area contributed by atoms with Gasteiger partial charge in [-0.25, -0.2) is 8.42 Å². The second-order valence-electron chi connectivity index (χ2n) is 5.49. The van der Waals surface area contributed by atoms with E-state index in [4.69, 9.17) is 4.74 Å². The van der Waals surface area contributed by atoms with Crippen LogP contribution in [0.25, 0.3) is 0 Å². The van der Waals surface area contributed by atoms with E-state index in [0.717, 1.165) is 19.4 Å². The quantitative estimate of drug-likeness (QED) is 0.674. The topological polar surface area (TPSA) is 55.4 Å². The molecule has 1 spiro atoms. The fraction of sp³-hybridized carbons (Fsp3) is 1.00. The maximum absolute atomic E-state index is 11.6. The lowest BCUT2D eigenvalue weighted by molar-refractivity contribution is -0.0587. The molecule has 0 aromatic heterocycles. The Morgan fingerprint density at radius 3 is 2.75 bits per heavy atom. The van der Waals surface area contributed by atoms with E-state index in [2.05, 4.69) is 5.32 Å². The molecule has 16 heavy (non-hydrogen) atoms. The van der Waals surface area contributed by atoms with E-state index in [0.29, 0.717) is 12.2 Å². The summed E-state index contributed by atoms with van der Waals surface area (Å²) in [7, 11) is -2.84. The minimum Gasteiger partial charge on any atom is -0.375 e. The van der Waals surface area contributed by atoms with Crippen LogP contribution in [-0.4, -0.2) is 44.2 Å². The summed E-state index contributed by atoms with van der Waals surface area (Å²) in [5.74, 6) is 0.558. The molecule has 2 unspecified atom stereocenters. The molecular weight excluding hydrogens is 226 g/mol. The fourth-order valence-electron chi connectivity index (χ4n) is 3.34. The van der Waals surface area contributed by atoms with Gasteiger partial charge in [0.1, 0.15) is 0 Å². The Balaban J connectivity index is 1.76. The zero-order valence-electron chi connectivity index (χ0n) is 9.44. The lowest BCUT2D eigenvalue weighted by Gasteiger charge is -2.45. The van der Waals surface area contributed by atoms with E-state index >= 15 is 0 Å². The van der Waals surface area contributed by atoms with Crippen molar-refractivity contribution in [2.45, 2.75) is 49.8 Å². The van der Waals surface area contributed by atoms with Gasteiger partial charge in [-0.15, -0.1) is 0 Å². The first-order chi connectivity index (χ1) is 7.59. The molecular formula is C11H19NO3S. The lowest BCUT2D eigenvalue weighted by Crippen LogP contribution is -2.64. The van der Waals surface area contributed by atoms with Crippen molar-refractivity contribution in [2.24, 2.45) is 0 Å². The predicted molar refractivity (Wildman–Crippen MR) is 61.1 cm³/mol. The number of sulfone groups is 1. The highest BCUT2D eigenvalue weighted by Crippen LogP contribution is 2.35. The molecule has 3 aliphatic rings. The third-order valence-corrected chi connectivity index (χ3v) is 5.95. The van der Waals surface area contributed by atoms with Crippen LogP contribution >= 0.6 is 0 Å². The standard InChI is InChI=1S/C11H19NO3S/c13-16(14)6-3-10-9(7-16)12-11(8-15-10)4-1-2-5-11/h9-10,12H,1-8H2. The Hall–Kier alpha value is -0.130. The van der Waals surface area contributed by atoms with E-state index < -0.39 is 9.84 Å². The minimum atomic E-state index is -2.84. The first kappa shape index (κ1) is 11.0. The van der Waals surface area contributed by atoms with E-state index in [1.807, 2.05) is 0 Å². The molecule has 0 aromatic rings. The number of rotatable bonds is 0. The highest BCUT2D eigenvalue weighted by Gasteiger charge is 2.45. The second-order valence-corrected chi connectivity index (χ2v) is 7.72. The molecule has 2 heterocycles. The monoisotopic (exact) mass is 245 g/mol. The number of fused-ring (bicyclic) bond motifs is 1. The van der Waals surface area contributed by atoms with Gasteiger partial charge in [-0.2, -0.15) is 0 Å². The summed E-state index contributed by atoms with van der Waals surface area (Å²) in [4.78, 5) is 0. The van der Waals surface area contributed by atoms with Gasteiger partial charge in [0.25, 0.3) is 0 Å². The molecule has 2 atom stereocenters. The maximum Gasteiger partial charge on any atom is 0.152 e. The third kappa shape index (κ3) is 1.89. The molecule has 2 aliphatic heterocycles. The average molecular weight is 245 g/mol. The summed E-state index contributed by atoms with van der Waals surface area (Å²) in [6.45, 7) is 0.772. The predicted octanol–water partition coefficient (Wildman–Crippen LogP) is 0.475. The van der Waals surface area contributed by atoms with Crippen molar-refractivity contribution in [3.63, 3.8) is 0 Å². The van der Waals surface area contributed by atoms with Gasteiger partial charge in [0.2, 0.25) is 0 Å². The molecule has 2 saturated heterocycles. The van der Waals surface area contributed by atoms with Gasteiger partial charge in [-0.3, -0.25) is 0 Å². The summed E-state index contributed by atoms with van der Waals surface area (Å²) >= 11 is 0. The van der Waals surface area contributed by atoms with Gasteiger partial charge >= 0.3 is 0 Å². The molecule has 92 valence electrons. The van der Waals surface area contributed by atoms with Crippen molar-refractivity contribution in [1.82, 2.24) is 5.32 Å². The first-order valence-corrected chi connectivity index (χ1v) is 8.01.